The van der Waals surface area contributed by atoms with Crippen LogP contribution in [0.2, 0.25) is 0 Å². The van der Waals surface area contributed by atoms with Crippen molar-refractivity contribution in [2.24, 2.45) is 5.92 Å². The van der Waals surface area contributed by atoms with E-state index in [9.17, 15) is 4.79 Å². The van der Waals surface area contributed by atoms with Crippen molar-refractivity contribution in [3.05, 3.63) is 27.1 Å². The number of anilines is 1. The molecule has 0 aliphatic rings. The molecule has 1 heterocycles. The Hall–Kier alpha value is -1.27. The molecule has 0 aliphatic heterocycles. The molecule has 0 amide bonds. The third-order valence-corrected chi connectivity index (χ3v) is 3.75. The number of aromatic nitrogens is 2. The first-order chi connectivity index (χ1) is 9.01. The smallest absolute Gasteiger partial charge is 0.323 e. The number of aromatic amines is 2. The summed E-state index contributed by atoms with van der Waals surface area (Å²) in [5.41, 5.74) is 2.32. The molecule has 5 nitrogen and oxygen atoms in total. The Labute approximate surface area is 119 Å². The molecule has 0 radical (unpaired) electrons. The Kier molecular flexibility index (Phi) is 4.31. The average molecular weight is 328 g/mol. The van der Waals surface area contributed by atoms with Crippen LogP contribution in [0, 0.1) is 5.92 Å². The van der Waals surface area contributed by atoms with Crippen molar-refractivity contribution < 1.29 is 4.74 Å². The van der Waals surface area contributed by atoms with E-state index >= 15 is 0 Å². The molecular weight excluding hydrogens is 310 g/mol. The number of H-pyrrole nitrogens is 2. The number of ether oxygens (including phenoxy) is 1. The summed E-state index contributed by atoms with van der Waals surface area (Å²) in [6.45, 7) is 4.91. The molecule has 104 valence electrons. The summed E-state index contributed by atoms with van der Waals surface area (Å²) in [5, 5.41) is 3.44. The Morgan fingerprint density at radius 2 is 1.95 bits per heavy atom. The number of nitrogens with one attached hydrogen (secondary N) is 3. The quantitative estimate of drug-likeness (QED) is 0.790. The van der Waals surface area contributed by atoms with Gasteiger partial charge in [-0.3, -0.25) is 0 Å². The van der Waals surface area contributed by atoms with E-state index in [-0.39, 0.29) is 11.7 Å². The van der Waals surface area contributed by atoms with Crippen LogP contribution in [0.15, 0.2) is 21.4 Å². The van der Waals surface area contributed by atoms with Gasteiger partial charge in [0.25, 0.3) is 0 Å². The van der Waals surface area contributed by atoms with Crippen LogP contribution in [-0.4, -0.2) is 29.7 Å². The molecule has 0 saturated carbocycles. The minimum Gasteiger partial charge on any atom is -0.383 e. The second-order valence-electron chi connectivity index (χ2n) is 4.91. The summed E-state index contributed by atoms with van der Waals surface area (Å²) < 4.78 is 6.14. The third-order valence-electron chi connectivity index (χ3n) is 3.10. The topological polar surface area (TPSA) is 69.9 Å². The van der Waals surface area contributed by atoms with Gasteiger partial charge in [-0.1, -0.05) is 13.8 Å². The molecule has 1 aromatic heterocycles. The van der Waals surface area contributed by atoms with Gasteiger partial charge < -0.3 is 20.0 Å². The van der Waals surface area contributed by atoms with Crippen LogP contribution in [0.4, 0.5) is 5.69 Å². The van der Waals surface area contributed by atoms with E-state index in [4.69, 9.17) is 4.74 Å². The lowest BCUT2D eigenvalue weighted by molar-refractivity contribution is 0.171. The monoisotopic (exact) mass is 327 g/mol. The van der Waals surface area contributed by atoms with Gasteiger partial charge in [-0.05, 0) is 34.0 Å². The van der Waals surface area contributed by atoms with Gasteiger partial charge in [0, 0.05) is 11.6 Å². The predicted molar refractivity (Wildman–Crippen MR) is 80.7 cm³/mol. The zero-order valence-corrected chi connectivity index (χ0v) is 12.8. The van der Waals surface area contributed by atoms with E-state index in [1.807, 2.05) is 12.1 Å². The number of halogens is 1. The standard InChI is InChI=1S/C13H18BrN3O2/c1-7(2)12(6-19-3)15-9-5-11-10(4-8(9)14)16-13(18)17-11/h4-5,7,12,15H,6H2,1-3H3,(H2,16,17,18). The lowest BCUT2D eigenvalue weighted by atomic mass is 10.0. The number of benzene rings is 1. The highest BCUT2D eigenvalue weighted by molar-refractivity contribution is 9.10. The first kappa shape index (κ1) is 14.1. The van der Waals surface area contributed by atoms with Crippen LogP contribution in [0.5, 0.6) is 0 Å². The second kappa shape index (κ2) is 5.79. The summed E-state index contributed by atoms with van der Waals surface area (Å²) >= 11 is 3.52. The van der Waals surface area contributed by atoms with Crippen LogP contribution in [0.25, 0.3) is 11.0 Å². The average Bonchev–Trinajstić information content (AvgIpc) is 2.67. The van der Waals surface area contributed by atoms with Gasteiger partial charge in [-0.25, -0.2) is 4.79 Å². The molecule has 2 aromatic rings. The van der Waals surface area contributed by atoms with Gasteiger partial charge in [0.1, 0.15) is 0 Å². The van der Waals surface area contributed by atoms with Gasteiger partial charge in [0.2, 0.25) is 0 Å². The Balaban J connectivity index is 2.33. The molecule has 0 saturated heterocycles. The molecule has 0 bridgehead atoms. The van der Waals surface area contributed by atoms with Crippen molar-refractivity contribution in [2.45, 2.75) is 19.9 Å². The molecule has 6 heteroatoms. The number of imidazole rings is 1. The number of hydrogen-bond donors (Lipinski definition) is 3. The second-order valence-corrected chi connectivity index (χ2v) is 5.76. The SMILES string of the molecule is COCC(Nc1cc2[nH]c(=O)[nH]c2cc1Br)C(C)C. The highest BCUT2D eigenvalue weighted by atomic mass is 79.9. The summed E-state index contributed by atoms with van der Waals surface area (Å²) in [5.74, 6) is 0.438. The van der Waals surface area contributed by atoms with E-state index in [0.717, 1.165) is 21.2 Å². The molecule has 1 atom stereocenters. The molecule has 1 aromatic carbocycles. The minimum absolute atomic E-state index is 0.198. The van der Waals surface area contributed by atoms with Crippen molar-refractivity contribution in [3.8, 4) is 0 Å². The fourth-order valence-electron chi connectivity index (χ4n) is 1.95. The fourth-order valence-corrected chi connectivity index (χ4v) is 2.40. The Morgan fingerprint density at radius 1 is 1.32 bits per heavy atom. The molecule has 0 fully saturated rings. The molecule has 1 unspecified atom stereocenters. The van der Waals surface area contributed by atoms with Crippen molar-refractivity contribution in [1.29, 1.82) is 0 Å². The van der Waals surface area contributed by atoms with E-state index in [1.54, 1.807) is 7.11 Å². The van der Waals surface area contributed by atoms with E-state index < -0.39 is 0 Å². The van der Waals surface area contributed by atoms with Crippen LogP contribution in [0.3, 0.4) is 0 Å². The van der Waals surface area contributed by atoms with Crippen molar-refractivity contribution in [1.82, 2.24) is 9.97 Å². The number of hydrogen-bond acceptors (Lipinski definition) is 3. The van der Waals surface area contributed by atoms with Gasteiger partial charge in [-0.15, -0.1) is 0 Å². The molecular formula is C13H18BrN3O2. The van der Waals surface area contributed by atoms with Crippen LogP contribution in [-0.2, 0) is 4.74 Å². The summed E-state index contributed by atoms with van der Waals surface area (Å²) in [4.78, 5) is 16.8. The first-order valence-corrected chi connectivity index (χ1v) is 6.97. The maximum atomic E-state index is 11.3. The molecule has 0 aliphatic carbocycles. The zero-order chi connectivity index (χ0) is 14.0. The first-order valence-electron chi connectivity index (χ1n) is 6.18. The van der Waals surface area contributed by atoms with Crippen LogP contribution in [0.1, 0.15) is 13.8 Å². The van der Waals surface area contributed by atoms with Crippen molar-refractivity contribution >= 4 is 32.7 Å². The van der Waals surface area contributed by atoms with Crippen LogP contribution >= 0.6 is 15.9 Å². The summed E-state index contributed by atoms with van der Waals surface area (Å²) in [6.07, 6.45) is 0. The van der Waals surface area contributed by atoms with Crippen molar-refractivity contribution in [3.63, 3.8) is 0 Å². The number of methoxy groups -OCH3 is 1. The summed E-state index contributed by atoms with van der Waals surface area (Å²) in [7, 11) is 1.69. The zero-order valence-electron chi connectivity index (χ0n) is 11.2. The summed E-state index contributed by atoms with van der Waals surface area (Å²) in [6, 6.07) is 4.02. The minimum atomic E-state index is -0.198. The predicted octanol–water partition coefficient (Wildman–Crippen LogP) is 2.70. The van der Waals surface area contributed by atoms with Crippen LogP contribution < -0.4 is 11.0 Å². The molecule has 3 N–H and O–H groups in total. The van der Waals surface area contributed by atoms with E-state index in [0.29, 0.717) is 12.5 Å². The number of rotatable bonds is 5. The highest BCUT2D eigenvalue weighted by Gasteiger charge is 2.15. The third kappa shape index (κ3) is 3.19. The normalized spacial score (nSPS) is 13.1. The highest BCUT2D eigenvalue weighted by Crippen LogP contribution is 2.27. The Bertz CT molecular complexity index is 618. The van der Waals surface area contributed by atoms with Gasteiger partial charge in [0.05, 0.1) is 29.4 Å². The molecule has 19 heavy (non-hydrogen) atoms. The fraction of sp³-hybridized carbons (Fsp3) is 0.462. The molecule has 2 rings (SSSR count). The van der Waals surface area contributed by atoms with Crippen molar-refractivity contribution in [2.75, 3.05) is 19.0 Å². The number of fused-ring (bicyclic) bond motifs is 1. The lowest BCUT2D eigenvalue weighted by Crippen LogP contribution is -2.30. The van der Waals surface area contributed by atoms with E-state index in [1.165, 1.54) is 0 Å². The molecule has 0 spiro atoms. The maximum absolute atomic E-state index is 11.3. The van der Waals surface area contributed by atoms with E-state index in [2.05, 4.69) is 45.1 Å². The Morgan fingerprint density at radius 3 is 2.53 bits per heavy atom. The largest absolute Gasteiger partial charge is 0.383 e. The maximum Gasteiger partial charge on any atom is 0.323 e. The van der Waals surface area contributed by atoms with Gasteiger partial charge in [0.15, 0.2) is 0 Å². The lowest BCUT2D eigenvalue weighted by Gasteiger charge is -2.23. The van der Waals surface area contributed by atoms with Gasteiger partial charge in [-0.2, -0.15) is 0 Å². The van der Waals surface area contributed by atoms with Gasteiger partial charge >= 0.3 is 5.69 Å².